The Labute approximate surface area is 173 Å². The lowest BCUT2D eigenvalue weighted by atomic mass is 10.2. The van der Waals surface area contributed by atoms with Crippen LogP contribution in [-0.2, 0) is 19.6 Å². The summed E-state index contributed by atoms with van der Waals surface area (Å²) in [4.78, 5) is 24.0. The number of esters is 1. The summed E-state index contributed by atoms with van der Waals surface area (Å²) in [5.41, 5.74) is 0.912. The number of hydrogen-bond donors (Lipinski definition) is 1. The maximum Gasteiger partial charge on any atom is 0.338 e. The summed E-state index contributed by atoms with van der Waals surface area (Å²) in [7, 11) is -3.77. The van der Waals surface area contributed by atoms with E-state index < -0.39 is 28.4 Å². The molecule has 0 spiro atoms. The Bertz CT molecular complexity index is 958. The van der Waals surface area contributed by atoms with Gasteiger partial charge in [-0.1, -0.05) is 23.2 Å². The van der Waals surface area contributed by atoms with Crippen molar-refractivity contribution in [1.82, 2.24) is 0 Å². The number of anilines is 2. The lowest BCUT2D eigenvalue weighted by Crippen LogP contribution is -2.37. The highest BCUT2D eigenvalue weighted by molar-refractivity contribution is 7.92. The van der Waals surface area contributed by atoms with Crippen LogP contribution >= 0.6 is 23.2 Å². The van der Waals surface area contributed by atoms with E-state index in [-0.39, 0.29) is 22.3 Å². The van der Waals surface area contributed by atoms with Crippen molar-refractivity contribution in [1.29, 1.82) is 0 Å². The van der Waals surface area contributed by atoms with Crippen LogP contribution in [0.5, 0.6) is 0 Å². The maximum absolute atomic E-state index is 12.4. The molecular formula is C18H18Cl2N2O5S. The van der Waals surface area contributed by atoms with Gasteiger partial charge in [-0.25, -0.2) is 13.2 Å². The van der Waals surface area contributed by atoms with Crippen molar-refractivity contribution in [2.24, 2.45) is 0 Å². The van der Waals surface area contributed by atoms with Crippen molar-refractivity contribution in [2.75, 3.05) is 29.0 Å². The van der Waals surface area contributed by atoms with Gasteiger partial charge in [-0.05, 0) is 49.4 Å². The zero-order chi connectivity index (χ0) is 20.9. The molecule has 0 aliphatic rings. The summed E-state index contributed by atoms with van der Waals surface area (Å²) in [5, 5.41) is 3.06. The summed E-state index contributed by atoms with van der Waals surface area (Å²) >= 11 is 11.9. The molecule has 0 fully saturated rings. The molecule has 150 valence electrons. The molecule has 0 aliphatic heterocycles. The van der Waals surface area contributed by atoms with Gasteiger partial charge in [0.25, 0.3) is 0 Å². The second kappa shape index (κ2) is 9.27. The molecule has 2 aromatic carbocycles. The second-order valence-corrected chi connectivity index (χ2v) is 8.52. The van der Waals surface area contributed by atoms with E-state index in [1.807, 2.05) is 0 Å². The number of nitrogens with zero attached hydrogens (tertiary/aromatic N) is 1. The van der Waals surface area contributed by atoms with Crippen LogP contribution in [0.15, 0.2) is 42.5 Å². The molecule has 0 bridgehead atoms. The van der Waals surface area contributed by atoms with Gasteiger partial charge in [0.15, 0.2) is 0 Å². The number of carbonyl (C=O) groups is 2. The highest BCUT2D eigenvalue weighted by Gasteiger charge is 2.22. The normalized spacial score (nSPS) is 11.0. The molecule has 0 atom stereocenters. The van der Waals surface area contributed by atoms with E-state index in [1.54, 1.807) is 6.92 Å². The number of nitrogens with one attached hydrogen (secondary N) is 1. The van der Waals surface area contributed by atoms with E-state index in [0.29, 0.717) is 11.3 Å². The van der Waals surface area contributed by atoms with Gasteiger partial charge in [0.1, 0.15) is 6.54 Å². The second-order valence-electron chi connectivity index (χ2n) is 5.74. The van der Waals surface area contributed by atoms with E-state index in [9.17, 15) is 18.0 Å². The fourth-order valence-electron chi connectivity index (χ4n) is 2.32. The summed E-state index contributed by atoms with van der Waals surface area (Å²) in [5.74, 6) is -1.05. The van der Waals surface area contributed by atoms with E-state index in [4.69, 9.17) is 27.9 Å². The van der Waals surface area contributed by atoms with Gasteiger partial charge >= 0.3 is 5.97 Å². The molecular weight excluding hydrogens is 427 g/mol. The lowest BCUT2D eigenvalue weighted by Gasteiger charge is -2.22. The highest BCUT2D eigenvalue weighted by Crippen LogP contribution is 2.27. The molecule has 28 heavy (non-hydrogen) atoms. The van der Waals surface area contributed by atoms with Gasteiger partial charge in [-0.15, -0.1) is 0 Å². The van der Waals surface area contributed by atoms with Crippen molar-refractivity contribution in [3.8, 4) is 0 Å². The number of hydrogen-bond acceptors (Lipinski definition) is 5. The van der Waals surface area contributed by atoms with Gasteiger partial charge < -0.3 is 10.1 Å². The molecule has 7 nitrogen and oxygen atoms in total. The standard InChI is InChI=1S/C18H18Cl2N2O5S/c1-3-27-18(24)12-4-6-15(7-5-12)21-17(23)11-22(28(2,25)26)16-9-13(19)8-14(20)10-16/h4-10H,3,11H2,1-2H3,(H,21,23). The largest absolute Gasteiger partial charge is 0.462 e. The Kier molecular flexibility index (Phi) is 7.29. The molecule has 0 saturated heterocycles. The first-order valence-corrected chi connectivity index (χ1v) is 10.7. The van der Waals surface area contributed by atoms with Crippen LogP contribution < -0.4 is 9.62 Å². The fourth-order valence-corrected chi connectivity index (χ4v) is 3.67. The van der Waals surface area contributed by atoms with Crippen molar-refractivity contribution in [2.45, 2.75) is 6.92 Å². The van der Waals surface area contributed by atoms with Gasteiger partial charge in [-0.2, -0.15) is 0 Å². The fraction of sp³-hybridized carbons (Fsp3) is 0.222. The smallest absolute Gasteiger partial charge is 0.338 e. The molecule has 0 aromatic heterocycles. The molecule has 10 heteroatoms. The topological polar surface area (TPSA) is 92.8 Å². The predicted octanol–water partition coefficient (Wildman–Crippen LogP) is 3.57. The number of carbonyl (C=O) groups excluding carboxylic acids is 2. The third kappa shape index (κ3) is 6.12. The predicted molar refractivity (Wildman–Crippen MR) is 110 cm³/mol. The molecule has 2 rings (SSSR count). The first-order chi connectivity index (χ1) is 13.1. The highest BCUT2D eigenvalue weighted by atomic mass is 35.5. The molecule has 1 amide bonds. The molecule has 0 heterocycles. The maximum atomic E-state index is 12.4. The van der Waals surface area contributed by atoms with Crippen LogP contribution in [-0.4, -0.2) is 39.7 Å². The van der Waals surface area contributed by atoms with Crippen LogP contribution in [0.3, 0.4) is 0 Å². The van der Waals surface area contributed by atoms with Gasteiger partial charge in [0.05, 0.1) is 24.1 Å². The quantitative estimate of drug-likeness (QED) is 0.658. The molecule has 1 N–H and O–H groups in total. The number of benzene rings is 2. The van der Waals surface area contributed by atoms with E-state index in [1.165, 1.54) is 42.5 Å². The summed E-state index contributed by atoms with van der Waals surface area (Å²) < 4.78 is 30.0. The Morgan fingerprint density at radius 2 is 1.64 bits per heavy atom. The van der Waals surface area contributed by atoms with E-state index in [0.717, 1.165) is 10.6 Å². The third-order valence-corrected chi connectivity index (χ3v) is 5.08. The van der Waals surface area contributed by atoms with E-state index in [2.05, 4.69) is 5.32 Å². The average molecular weight is 445 g/mol. The SMILES string of the molecule is CCOC(=O)c1ccc(NC(=O)CN(c2cc(Cl)cc(Cl)c2)S(C)(=O)=O)cc1. The minimum Gasteiger partial charge on any atom is -0.462 e. The van der Waals surface area contributed by atoms with Crippen LogP contribution in [0.1, 0.15) is 17.3 Å². The van der Waals surface area contributed by atoms with Crippen LogP contribution in [0.2, 0.25) is 10.0 Å². The number of rotatable bonds is 7. The average Bonchev–Trinajstić information content (AvgIpc) is 2.58. The lowest BCUT2D eigenvalue weighted by molar-refractivity contribution is -0.114. The third-order valence-electron chi connectivity index (χ3n) is 3.50. The minimum absolute atomic E-state index is 0.174. The zero-order valence-electron chi connectivity index (χ0n) is 15.1. The van der Waals surface area contributed by atoms with Crippen molar-refractivity contribution in [3.63, 3.8) is 0 Å². The summed E-state index contributed by atoms with van der Waals surface area (Å²) in [6, 6.07) is 10.3. The molecule has 0 radical (unpaired) electrons. The molecule has 0 aliphatic carbocycles. The van der Waals surface area contributed by atoms with Crippen LogP contribution in [0.4, 0.5) is 11.4 Å². The van der Waals surface area contributed by atoms with Crippen LogP contribution in [0, 0.1) is 0 Å². The first kappa shape index (κ1) is 22.0. The Balaban J connectivity index is 2.15. The monoisotopic (exact) mass is 444 g/mol. The molecule has 2 aromatic rings. The van der Waals surface area contributed by atoms with Crippen molar-refractivity contribution >= 4 is 56.5 Å². The summed E-state index contributed by atoms with van der Waals surface area (Å²) in [6.45, 7) is 1.48. The first-order valence-electron chi connectivity index (χ1n) is 8.11. The number of amides is 1. The summed E-state index contributed by atoms with van der Waals surface area (Å²) in [6.07, 6.45) is 0.975. The van der Waals surface area contributed by atoms with Gasteiger partial charge in [-0.3, -0.25) is 9.10 Å². The Morgan fingerprint density at radius 1 is 1.07 bits per heavy atom. The van der Waals surface area contributed by atoms with Crippen molar-refractivity contribution < 1.29 is 22.7 Å². The molecule has 0 unspecified atom stereocenters. The van der Waals surface area contributed by atoms with Gasteiger partial charge in [0.2, 0.25) is 15.9 Å². The Hall–Kier alpha value is -2.29. The molecule has 0 saturated carbocycles. The zero-order valence-corrected chi connectivity index (χ0v) is 17.4. The minimum atomic E-state index is -3.77. The van der Waals surface area contributed by atoms with E-state index >= 15 is 0 Å². The number of halogens is 2. The van der Waals surface area contributed by atoms with Crippen molar-refractivity contribution in [3.05, 3.63) is 58.1 Å². The number of sulfonamides is 1. The van der Waals surface area contributed by atoms with Gasteiger partial charge in [0, 0.05) is 15.7 Å². The Morgan fingerprint density at radius 3 is 2.14 bits per heavy atom. The number of ether oxygens (including phenoxy) is 1. The van der Waals surface area contributed by atoms with Crippen LogP contribution in [0.25, 0.3) is 0 Å².